The van der Waals surface area contributed by atoms with Gasteiger partial charge in [0.25, 0.3) is 10.0 Å². The number of alkyl halides is 3. The summed E-state index contributed by atoms with van der Waals surface area (Å²) in [7, 11) is -4.59. The Labute approximate surface area is 240 Å². The van der Waals surface area contributed by atoms with Crippen LogP contribution in [0.5, 0.6) is 0 Å². The van der Waals surface area contributed by atoms with Gasteiger partial charge in [-0.05, 0) is 61.9 Å². The van der Waals surface area contributed by atoms with Gasteiger partial charge in [0.2, 0.25) is 11.8 Å². The number of anilines is 1. The molecule has 214 valence electrons. The number of carbonyl (C=O) groups excluding carboxylic acids is 2. The zero-order valence-corrected chi connectivity index (χ0v) is 23.8. The third-order valence-electron chi connectivity index (χ3n) is 5.94. The fourth-order valence-electron chi connectivity index (χ4n) is 3.80. The van der Waals surface area contributed by atoms with Gasteiger partial charge in [-0.15, -0.1) is 0 Å². The van der Waals surface area contributed by atoms with Crippen LogP contribution in [0.3, 0.4) is 0 Å². The molecule has 1 N–H and O–H groups in total. The average molecular weight is 616 g/mol. The van der Waals surface area contributed by atoms with Crippen LogP contribution in [0.4, 0.5) is 18.9 Å². The third-order valence-corrected chi connectivity index (χ3v) is 8.28. The number of carbonyl (C=O) groups is 2. The molecule has 2 amide bonds. The second-order valence-corrected chi connectivity index (χ2v) is 11.4. The fourth-order valence-corrected chi connectivity index (χ4v) is 5.65. The van der Waals surface area contributed by atoms with Gasteiger partial charge in [-0.1, -0.05) is 53.5 Å². The van der Waals surface area contributed by atoms with Gasteiger partial charge in [-0.2, -0.15) is 13.2 Å². The van der Waals surface area contributed by atoms with Crippen LogP contribution in [-0.2, 0) is 32.3 Å². The zero-order chi connectivity index (χ0) is 29.7. The monoisotopic (exact) mass is 615 g/mol. The topological polar surface area (TPSA) is 86.8 Å². The summed E-state index contributed by atoms with van der Waals surface area (Å²) in [6, 6.07) is 14.5. The summed E-state index contributed by atoms with van der Waals surface area (Å²) in [6.45, 7) is 2.39. The number of nitrogens with zero attached hydrogens (tertiary/aromatic N) is 2. The molecule has 0 bridgehead atoms. The second-order valence-electron chi connectivity index (χ2n) is 8.71. The van der Waals surface area contributed by atoms with Crippen molar-refractivity contribution in [2.45, 2.75) is 37.5 Å². The molecule has 0 saturated heterocycles. The molecule has 13 heteroatoms. The Morgan fingerprint density at radius 3 is 2.17 bits per heavy atom. The number of benzene rings is 3. The molecule has 0 heterocycles. The lowest BCUT2D eigenvalue weighted by Crippen LogP contribution is -2.51. The molecule has 0 radical (unpaired) electrons. The van der Waals surface area contributed by atoms with Crippen LogP contribution in [0.15, 0.2) is 77.7 Å². The second kappa shape index (κ2) is 12.9. The summed E-state index contributed by atoms with van der Waals surface area (Å²) in [5.41, 5.74) is -1.10. The summed E-state index contributed by atoms with van der Waals surface area (Å²) in [4.78, 5) is 27.4. The van der Waals surface area contributed by atoms with E-state index in [1.807, 2.05) is 0 Å². The Balaban J connectivity index is 2.12. The van der Waals surface area contributed by atoms with Crippen LogP contribution >= 0.6 is 23.2 Å². The lowest BCUT2D eigenvalue weighted by Gasteiger charge is -2.32. The van der Waals surface area contributed by atoms with Crippen molar-refractivity contribution in [3.63, 3.8) is 0 Å². The van der Waals surface area contributed by atoms with Crippen LogP contribution in [0.2, 0.25) is 10.0 Å². The number of hydrogen-bond acceptors (Lipinski definition) is 4. The van der Waals surface area contributed by atoms with E-state index >= 15 is 0 Å². The van der Waals surface area contributed by atoms with E-state index in [1.165, 1.54) is 31.2 Å². The van der Waals surface area contributed by atoms with Gasteiger partial charge in [0.1, 0.15) is 12.6 Å². The molecule has 0 aliphatic rings. The Morgan fingerprint density at radius 2 is 1.60 bits per heavy atom. The number of halogens is 5. The molecule has 0 aliphatic heterocycles. The molecule has 0 aromatic heterocycles. The van der Waals surface area contributed by atoms with Gasteiger partial charge in [0.05, 0.1) is 21.2 Å². The largest absolute Gasteiger partial charge is 0.416 e. The predicted molar refractivity (Wildman–Crippen MR) is 148 cm³/mol. The normalized spacial score (nSPS) is 12.5. The number of rotatable bonds is 10. The highest BCUT2D eigenvalue weighted by molar-refractivity contribution is 7.92. The number of nitrogens with one attached hydrogen (secondary N) is 1. The zero-order valence-electron chi connectivity index (χ0n) is 21.5. The van der Waals surface area contributed by atoms with E-state index in [4.69, 9.17) is 23.2 Å². The van der Waals surface area contributed by atoms with Crippen molar-refractivity contribution in [3.8, 4) is 0 Å². The molecular weight excluding hydrogens is 590 g/mol. The highest BCUT2D eigenvalue weighted by Gasteiger charge is 2.36. The minimum absolute atomic E-state index is 0.107. The molecule has 0 aliphatic carbocycles. The third kappa shape index (κ3) is 7.47. The van der Waals surface area contributed by atoms with Gasteiger partial charge in [-0.3, -0.25) is 13.9 Å². The summed E-state index contributed by atoms with van der Waals surface area (Å²) >= 11 is 12.2. The first kappa shape index (κ1) is 31.3. The van der Waals surface area contributed by atoms with E-state index in [-0.39, 0.29) is 23.0 Å². The molecule has 0 spiro atoms. The molecule has 0 fully saturated rings. The van der Waals surface area contributed by atoms with Crippen molar-refractivity contribution in [2.75, 3.05) is 17.4 Å². The van der Waals surface area contributed by atoms with E-state index in [2.05, 4.69) is 5.32 Å². The van der Waals surface area contributed by atoms with E-state index in [0.717, 1.165) is 11.0 Å². The van der Waals surface area contributed by atoms with Crippen LogP contribution in [0, 0.1) is 0 Å². The standard InChI is InChI=1S/C27H26Cl2F3N3O4S/c1-3-33-26(37)18(2)34(16-19-9-12-21(28)13-10-19)25(36)17-35(40(38,39)22-7-5-4-6-8-22)24-15-20(27(30,31)32)11-14-23(24)29/h4-15,18H,3,16-17H2,1-2H3,(H,33,37). The van der Waals surface area contributed by atoms with Crippen molar-refractivity contribution in [3.05, 3.63) is 94.0 Å². The first-order chi connectivity index (χ1) is 18.8. The number of likely N-dealkylation sites (N-methyl/N-ethyl adjacent to an activating group) is 1. The highest BCUT2D eigenvalue weighted by atomic mass is 35.5. The number of amides is 2. The number of sulfonamides is 1. The maximum absolute atomic E-state index is 13.8. The van der Waals surface area contributed by atoms with Crippen molar-refractivity contribution >= 4 is 50.7 Å². The van der Waals surface area contributed by atoms with Crippen molar-refractivity contribution < 1.29 is 31.2 Å². The van der Waals surface area contributed by atoms with Gasteiger partial charge < -0.3 is 10.2 Å². The molecule has 3 rings (SSSR count). The lowest BCUT2D eigenvalue weighted by atomic mass is 10.1. The maximum atomic E-state index is 13.8. The Hall–Kier alpha value is -3.28. The molecular formula is C27H26Cl2F3N3O4S. The summed E-state index contributed by atoms with van der Waals surface area (Å²) in [6.07, 6.45) is -4.81. The van der Waals surface area contributed by atoms with Gasteiger partial charge in [-0.25, -0.2) is 8.42 Å². The van der Waals surface area contributed by atoms with E-state index in [1.54, 1.807) is 37.3 Å². The van der Waals surface area contributed by atoms with Gasteiger partial charge >= 0.3 is 6.18 Å². The smallest absolute Gasteiger partial charge is 0.355 e. The average Bonchev–Trinajstić information content (AvgIpc) is 2.91. The molecule has 3 aromatic rings. The first-order valence-corrected chi connectivity index (χ1v) is 14.2. The van der Waals surface area contributed by atoms with Crippen LogP contribution in [0.1, 0.15) is 25.0 Å². The van der Waals surface area contributed by atoms with E-state index in [0.29, 0.717) is 27.0 Å². The SMILES string of the molecule is CCNC(=O)C(C)N(Cc1ccc(Cl)cc1)C(=O)CN(c1cc(C(F)(F)F)ccc1Cl)S(=O)(=O)c1ccccc1. The van der Waals surface area contributed by atoms with Crippen LogP contribution in [0.25, 0.3) is 0 Å². The quantitative estimate of drug-likeness (QED) is 0.314. The van der Waals surface area contributed by atoms with Crippen molar-refractivity contribution in [1.82, 2.24) is 10.2 Å². The van der Waals surface area contributed by atoms with Crippen molar-refractivity contribution in [2.24, 2.45) is 0 Å². The van der Waals surface area contributed by atoms with Gasteiger partial charge in [0, 0.05) is 18.1 Å². The fraction of sp³-hybridized carbons (Fsp3) is 0.259. The van der Waals surface area contributed by atoms with Crippen LogP contribution < -0.4 is 9.62 Å². The number of hydrogen-bond donors (Lipinski definition) is 1. The summed E-state index contributed by atoms with van der Waals surface area (Å²) in [5, 5.41) is 2.74. The summed E-state index contributed by atoms with van der Waals surface area (Å²) < 4.78 is 68.7. The highest BCUT2D eigenvalue weighted by Crippen LogP contribution is 2.37. The molecule has 1 atom stereocenters. The molecule has 3 aromatic carbocycles. The van der Waals surface area contributed by atoms with Crippen LogP contribution in [-0.4, -0.2) is 44.3 Å². The minimum Gasteiger partial charge on any atom is -0.355 e. The molecule has 0 saturated carbocycles. The molecule has 7 nitrogen and oxygen atoms in total. The first-order valence-electron chi connectivity index (χ1n) is 12.0. The lowest BCUT2D eigenvalue weighted by molar-refractivity contribution is -0.139. The minimum atomic E-state index is -4.81. The van der Waals surface area contributed by atoms with Crippen molar-refractivity contribution in [1.29, 1.82) is 0 Å². The Morgan fingerprint density at radius 1 is 0.975 bits per heavy atom. The summed E-state index contributed by atoms with van der Waals surface area (Å²) in [5.74, 6) is -1.35. The van der Waals surface area contributed by atoms with Gasteiger partial charge in [0.15, 0.2) is 0 Å². The predicted octanol–water partition coefficient (Wildman–Crippen LogP) is 5.76. The Bertz CT molecular complexity index is 1450. The Kier molecular flexibility index (Phi) is 10.1. The maximum Gasteiger partial charge on any atom is 0.416 e. The van der Waals surface area contributed by atoms with E-state index in [9.17, 15) is 31.2 Å². The molecule has 1 unspecified atom stereocenters. The van der Waals surface area contributed by atoms with E-state index < -0.39 is 51.9 Å². The molecule has 40 heavy (non-hydrogen) atoms.